The van der Waals surface area contributed by atoms with E-state index in [2.05, 4.69) is 10.3 Å². The fourth-order valence-electron chi connectivity index (χ4n) is 4.71. The van der Waals surface area contributed by atoms with Gasteiger partial charge in [-0.2, -0.15) is 0 Å². The average molecular weight is 528 g/mol. The Hall–Kier alpha value is -4.59. The fraction of sp³-hybridized carbons (Fsp3) is 0.194. The minimum absolute atomic E-state index is 0.0342. The first kappa shape index (κ1) is 26.0. The summed E-state index contributed by atoms with van der Waals surface area (Å²) >= 11 is 0. The predicted octanol–water partition coefficient (Wildman–Crippen LogP) is 6.06. The molecule has 1 N–H and O–H groups in total. The maximum Gasteiger partial charge on any atom is 0.262 e. The number of pyridine rings is 1. The summed E-state index contributed by atoms with van der Waals surface area (Å²) in [6.07, 6.45) is 4.69. The van der Waals surface area contributed by atoms with Gasteiger partial charge in [-0.3, -0.25) is 14.6 Å². The normalized spacial score (nSPS) is 13.6. The maximum atomic E-state index is 14.9. The van der Waals surface area contributed by atoms with Gasteiger partial charge in [-0.15, -0.1) is 0 Å². The number of nitrogens with zero attached hydrogens (tertiary/aromatic N) is 2. The van der Waals surface area contributed by atoms with E-state index in [4.69, 9.17) is 4.74 Å². The van der Waals surface area contributed by atoms with E-state index in [1.165, 1.54) is 24.3 Å². The molecular weight excluding hydrogens is 500 g/mol. The lowest BCUT2D eigenvalue weighted by molar-refractivity contribution is -0.118. The van der Waals surface area contributed by atoms with Gasteiger partial charge in [-0.1, -0.05) is 30.3 Å². The molecule has 2 amide bonds. The Kier molecular flexibility index (Phi) is 7.91. The Labute approximate surface area is 225 Å². The lowest BCUT2D eigenvalue weighted by Crippen LogP contribution is -2.38. The summed E-state index contributed by atoms with van der Waals surface area (Å²) in [7, 11) is 0. The van der Waals surface area contributed by atoms with Crippen molar-refractivity contribution >= 4 is 17.5 Å². The van der Waals surface area contributed by atoms with Crippen molar-refractivity contribution in [3.05, 3.63) is 114 Å². The van der Waals surface area contributed by atoms with Crippen LogP contribution in [0.3, 0.4) is 0 Å². The molecule has 1 aliphatic heterocycles. The molecule has 4 aromatic rings. The monoisotopic (exact) mass is 527 g/mol. The second-order valence-electron chi connectivity index (χ2n) is 9.42. The highest BCUT2D eigenvalue weighted by atomic mass is 19.1. The second kappa shape index (κ2) is 11.9. The molecule has 8 heteroatoms. The number of benzene rings is 3. The average Bonchev–Trinajstić information content (AvgIpc) is 2.97. The SMILES string of the molecule is O=C(COc1cccnc1)Nc1ccc(C2CCN(C(=O)c3ccc(-c4ccc(F)cc4)cc3F)CC2)cc1. The number of carbonyl (C=O) groups is 2. The van der Waals surface area contributed by atoms with Crippen LogP contribution in [-0.4, -0.2) is 41.4 Å². The molecule has 0 aliphatic carbocycles. The van der Waals surface area contributed by atoms with Crippen LogP contribution < -0.4 is 10.1 Å². The molecule has 0 radical (unpaired) electrons. The Balaban J connectivity index is 1.13. The van der Waals surface area contributed by atoms with E-state index in [1.807, 2.05) is 24.3 Å². The number of carbonyl (C=O) groups excluding carboxylic acids is 2. The molecule has 1 fully saturated rings. The molecule has 2 heterocycles. The molecule has 39 heavy (non-hydrogen) atoms. The van der Waals surface area contributed by atoms with Gasteiger partial charge in [0, 0.05) is 25.0 Å². The summed E-state index contributed by atoms with van der Waals surface area (Å²) in [5, 5.41) is 2.82. The van der Waals surface area contributed by atoms with E-state index < -0.39 is 5.82 Å². The third-order valence-corrected chi connectivity index (χ3v) is 6.83. The van der Waals surface area contributed by atoms with Crippen LogP contribution in [0.2, 0.25) is 0 Å². The van der Waals surface area contributed by atoms with Crippen molar-refractivity contribution in [1.82, 2.24) is 9.88 Å². The third kappa shape index (κ3) is 6.46. The van der Waals surface area contributed by atoms with Crippen molar-refractivity contribution in [2.75, 3.05) is 25.0 Å². The number of ether oxygens (including phenoxy) is 1. The Bertz CT molecular complexity index is 1440. The summed E-state index contributed by atoms with van der Waals surface area (Å²) in [5.41, 5.74) is 3.10. The molecule has 1 aliphatic rings. The van der Waals surface area contributed by atoms with Gasteiger partial charge in [-0.05, 0) is 84.0 Å². The first-order chi connectivity index (χ1) is 19.0. The van der Waals surface area contributed by atoms with Gasteiger partial charge in [-0.25, -0.2) is 8.78 Å². The summed E-state index contributed by atoms with van der Waals surface area (Å²) in [5.74, 6) is -0.761. The van der Waals surface area contributed by atoms with Crippen LogP contribution in [0.5, 0.6) is 5.75 Å². The molecule has 5 rings (SSSR count). The van der Waals surface area contributed by atoms with Crippen molar-refractivity contribution in [3.8, 4) is 16.9 Å². The topological polar surface area (TPSA) is 71.5 Å². The first-order valence-electron chi connectivity index (χ1n) is 12.7. The van der Waals surface area contributed by atoms with E-state index in [-0.39, 0.29) is 35.7 Å². The third-order valence-electron chi connectivity index (χ3n) is 6.83. The van der Waals surface area contributed by atoms with Crippen LogP contribution in [0.25, 0.3) is 11.1 Å². The van der Waals surface area contributed by atoms with Gasteiger partial charge in [0.2, 0.25) is 0 Å². The number of rotatable bonds is 7. The Morgan fingerprint density at radius 3 is 2.31 bits per heavy atom. The molecule has 1 saturated heterocycles. The van der Waals surface area contributed by atoms with Gasteiger partial charge in [0.25, 0.3) is 11.8 Å². The van der Waals surface area contributed by atoms with E-state index in [0.29, 0.717) is 35.7 Å². The number of halogens is 2. The van der Waals surface area contributed by atoms with E-state index in [1.54, 1.807) is 47.6 Å². The number of anilines is 1. The van der Waals surface area contributed by atoms with Gasteiger partial charge in [0.15, 0.2) is 6.61 Å². The Morgan fingerprint density at radius 2 is 1.64 bits per heavy atom. The standard InChI is InChI=1S/C31H27F2N3O3/c32-25-8-3-22(4-9-25)24-7-12-28(29(33)18-24)31(38)36-16-13-23(14-17-36)21-5-10-26(11-6-21)35-30(37)20-39-27-2-1-15-34-19-27/h1-12,15,18-19,23H,13-14,16-17,20H2,(H,35,37). The molecule has 1 aromatic heterocycles. The van der Waals surface area contributed by atoms with Crippen LogP contribution in [0.4, 0.5) is 14.5 Å². The number of hydrogen-bond donors (Lipinski definition) is 1. The van der Waals surface area contributed by atoms with Crippen LogP contribution in [0.1, 0.15) is 34.7 Å². The quantitative estimate of drug-likeness (QED) is 0.317. The number of likely N-dealkylation sites (tertiary alicyclic amines) is 1. The van der Waals surface area contributed by atoms with Crippen molar-refractivity contribution in [2.24, 2.45) is 0 Å². The molecule has 0 spiro atoms. The minimum atomic E-state index is -0.590. The number of aromatic nitrogens is 1. The highest BCUT2D eigenvalue weighted by molar-refractivity contribution is 5.95. The van der Waals surface area contributed by atoms with E-state index in [9.17, 15) is 18.4 Å². The first-order valence-corrected chi connectivity index (χ1v) is 12.7. The smallest absolute Gasteiger partial charge is 0.262 e. The molecule has 0 unspecified atom stereocenters. The van der Waals surface area contributed by atoms with Crippen LogP contribution in [0, 0.1) is 11.6 Å². The van der Waals surface area contributed by atoms with Crippen molar-refractivity contribution < 1.29 is 23.1 Å². The van der Waals surface area contributed by atoms with Crippen molar-refractivity contribution in [3.63, 3.8) is 0 Å². The highest BCUT2D eigenvalue weighted by Gasteiger charge is 2.26. The molecule has 3 aromatic carbocycles. The minimum Gasteiger partial charge on any atom is -0.482 e. The van der Waals surface area contributed by atoms with Gasteiger partial charge in [0.1, 0.15) is 17.4 Å². The number of piperidine rings is 1. The van der Waals surface area contributed by atoms with Gasteiger partial charge >= 0.3 is 0 Å². The molecular formula is C31H27F2N3O3. The molecule has 0 bridgehead atoms. The summed E-state index contributed by atoms with van der Waals surface area (Å²) in [6, 6.07) is 21.4. The van der Waals surface area contributed by atoms with E-state index in [0.717, 1.165) is 18.4 Å². The van der Waals surface area contributed by atoms with Crippen LogP contribution in [-0.2, 0) is 4.79 Å². The zero-order valence-electron chi connectivity index (χ0n) is 21.1. The molecule has 6 nitrogen and oxygen atoms in total. The van der Waals surface area contributed by atoms with Crippen molar-refractivity contribution in [2.45, 2.75) is 18.8 Å². The zero-order chi connectivity index (χ0) is 27.2. The number of nitrogens with one attached hydrogen (secondary N) is 1. The predicted molar refractivity (Wildman–Crippen MR) is 144 cm³/mol. The summed E-state index contributed by atoms with van der Waals surface area (Å²) in [4.78, 5) is 30.8. The van der Waals surface area contributed by atoms with Crippen LogP contribution >= 0.6 is 0 Å². The Morgan fingerprint density at radius 1 is 0.923 bits per heavy atom. The lowest BCUT2D eigenvalue weighted by Gasteiger charge is -2.32. The molecule has 0 saturated carbocycles. The molecule has 0 atom stereocenters. The maximum absolute atomic E-state index is 14.9. The zero-order valence-corrected chi connectivity index (χ0v) is 21.1. The summed E-state index contributed by atoms with van der Waals surface area (Å²) in [6.45, 7) is 0.926. The van der Waals surface area contributed by atoms with Gasteiger partial charge < -0.3 is 15.0 Å². The number of amides is 2. The van der Waals surface area contributed by atoms with Gasteiger partial charge in [0.05, 0.1) is 11.8 Å². The van der Waals surface area contributed by atoms with E-state index >= 15 is 0 Å². The fourth-order valence-corrected chi connectivity index (χ4v) is 4.71. The van der Waals surface area contributed by atoms with Crippen molar-refractivity contribution in [1.29, 1.82) is 0 Å². The lowest BCUT2D eigenvalue weighted by atomic mass is 9.89. The molecule has 198 valence electrons. The largest absolute Gasteiger partial charge is 0.482 e. The number of hydrogen-bond acceptors (Lipinski definition) is 4. The highest BCUT2D eigenvalue weighted by Crippen LogP contribution is 2.30. The van der Waals surface area contributed by atoms with Crippen LogP contribution in [0.15, 0.2) is 91.3 Å². The summed E-state index contributed by atoms with van der Waals surface area (Å²) < 4.78 is 33.5. The second-order valence-corrected chi connectivity index (χ2v) is 9.42.